The third-order valence-electron chi connectivity index (χ3n) is 10.9. The van der Waals surface area contributed by atoms with Crippen LogP contribution in [0, 0.1) is 22.7 Å². The maximum Gasteiger partial charge on any atom is 0.142 e. The van der Waals surface area contributed by atoms with E-state index in [4.69, 9.17) is 0 Å². The molecule has 0 atom stereocenters. The van der Waals surface area contributed by atoms with Crippen molar-refractivity contribution < 1.29 is 0 Å². The normalized spacial score (nSPS) is 11.6. The van der Waals surface area contributed by atoms with Crippen molar-refractivity contribution in [2.75, 3.05) is 0 Å². The van der Waals surface area contributed by atoms with E-state index in [1.165, 1.54) is 0 Å². The molecule has 0 amide bonds. The first-order valence-electron chi connectivity index (χ1n) is 18.2. The fourth-order valence-electron chi connectivity index (χ4n) is 8.68. The summed E-state index contributed by atoms with van der Waals surface area (Å²) in [6.45, 7) is 0. The van der Waals surface area contributed by atoms with Gasteiger partial charge >= 0.3 is 0 Å². The summed E-state index contributed by atoms with van der Waals surface area (Å²) < 4.78 is 7.17. The molecule has 0 aliphatic heterocycles. The van der Waals surface area contributed by atoms with Crippen LogP contribution >= 0.6 is 0 Å². The van der Waals surface area contributed by atoms with Gasteiger partial charge in [-0.1, -0.05) is 109 Å². The lowest BCUT2D eigenvalue weighted by atomic mass is 10.0. The molecule has 0 aliphatic rings. The van der Waals surface area contributed by atoms with Crippen LogP contribution in [-0.2, 0) is 0 Å². The predicted octanol–water partition coefficient (Wildman–Crippen LogP) is 11.8. The summed E-state index contributed by atoms with van der Waals surface area (Å²) in [4.78, 5) is 4.29. The molecule has 6 nitrogen and oxygen atoms in total. The number of benzene rings is 7. The summed E-state index contributed by atoms with van der Waals surface area (Å²) in [5, 5.41) is 27.0. The first kappa shape index (κ1) is 30.7. The number of rotatable bonds is 4. The molecular formula is C49H28N6. The zero-order chi connectivity index (χ0) is 36.6. The molecule has 254 valence electrons. The van der Waals surface area contributed by atoms with Crippen molar-refractivity contribution in [3.63, 3.8) is 0 Å². The Morgan fingerprint density at radius 3 is 0.927 bits per heavy atom. The lowest BCUT2D eigenvalue weighted by molar-refractivity contribution is 1.05. The van der Waals surface area contributed by atoms with E-state index < -0.39 is 0 Å². The molecule has 0 spiro atoms. The van der Waals surface area contributed by atoms with Gasteiger partial charge in [0.25, 0.3) is 0 Å². The first-order chi connectivity index (χ1) is 27.2. The smallest absolute Gasteiger partial charge is 0.142 e. The van der Waals surface area contributed by atoms with E-state index in [2.05, 4.69) is 189 Å². The molecule has 11 rings (SSSR count). The van der Waals surface area contributed by atoms with Gasteiger partial charge < -0.3 is 13.7 Å². The topological polar surface area (TPSA) is 75.3 Å². The Hall–Kier alpha value is -7.93. The quantitative estimate of drug-likeness (QED) is 0.183. The first-order valence-corrected chi connectivity index (χ1v) is 18.2. The SMILES string of the molecule is N#Cc1cc(-c2cc(-n3c4ccccc4c4ccccc43)c(-n3c4ccccc4c4ccccc43)c(-n3c4ccccc4c4ccccc43)c2)cc(C#N)n1. The fraction of sp³-hybridized carbons (Fsp3) is 0. The number of pyridine rings is 1. The highest BCUT2D eigenvalue weighted by Crippen LogP contribution is 2.44. The van der Waals surface area contributed by atoms with E-state index in [0.29, 0.717) is 0 Å². The molecule has 11 aromatic rings. The van der Waals surface area contributed by atoms with Gasteiger partial charge in [-0.2, -0.15) is 10.5 Å². The van der Waals surface area contributed by atoms with E-state index in [-0.39, 0.29) is 11.4 Å². The molecule has 55 heavy (non-hydrogen) atoms. The lowest BCUT2D eigenvalue weighted by Crippen LogP contribution is -2.10. The van der Waals surface area contributed by atoms with Crippen LogP contribution in [0.2, 0.25) is 0 Å². The van der Waals surface area contributed by atoms with Gasteiger partial charge in [0, 0.05) is 32.3 Å². The third-order valence-corrected chi connectivity index (χ3v) is 10.9. The number of hydrogen-bond donors (Lipinski definition) is 0. The number of aromatic nitrogens is 4. The largest absolute Gasteiger partial charge is 0.307 e. The highest BCUT2D eigenvalue weighted by Gasteiger charge is 2.26. The Bertz CT molecular complexity index is 3150. The van der Waals surface area contributed by atoms with Crippen molar-refractivity contribution in [2.24, 2.45) is 0 Å². The molecule has 4 heterocycles. The maximum atomic E-state index is 10.0. The summed E-state index contributed by atoms with van der Waals surface area (Å²) in [6.07, 6.45) is 0. The van der Waals surface area contributed by atoms with E-state index in [0.717, 1.165) is 93.6 Å². The summed E-state index contributed by atoms with van der Waals surface area (Å²) in [7, 11) is 0. The average Bonchev–Trinajstić information content (AvgIpc) is 3.89. The van der Waals surface area contributed by atoms with Gasteiger partial charge in [0.2, 0.25) is 0 Å². The molecule has 7 aromatic carbocycles. The number of para-hydroxylation sites is 6. The zero-order valence-corrected chi connectivity index (χ0v) is 29.3. The van der Waals surface area contributed by atoms with Gasteiger partial charge in [-0.3, -0.25) is 0 Å². The lowest BCUT2D eigenvalue weighted by Gasteiger charge is -2.23. The monoisotopic (exact) mass is 700 g/mol. The van der Waals surface area contributed by atoms with E-state index in [1.54, 1.807) is 12.1 Å². The van der Waals surface area contributed by atoms with Crippen molar-refractivity contribution in [3.05, 3.63) is 181 Å². The number of nitriles is 2. The molecule has 0 saturated heterocycles. The van der Waals surface area contributed by atoms with E-state index in [9.17, 15) is 10.5 Å². The van der Waals surface area contributed by atoms with E-state index in [1.807, 2.05) is 0 Å². The second kappa shape index (κ2) is 11.8. The maximum absolute atomic E-state index is 10.0. The number of fused-ring (bicyclic) bond motifs is 9. The predicted molar refractivity (Wildman–Crippen MR) is 222 cm³/mol. The molecule has 0 saturated carbocycles. The van der Waals surface area contributed by atoms with Crippen LogP contribution in [-0.4, -0.2) is 18.7 Å². The average molecular weight is 701 g/mol. The Balaban J connectivity index is 1.43. The molecule has 0 aliphatic carbocycles. The molecule has 6 heteroatoms. The van der Waals surface area contributed by atoms with Gasteiger partial charge in [-0.15, -0.1) is 0 Å². The summed E-state index contributed by atoms with van der Waals surface area (Å²) in [5.41, 5.74) is 11.3. The minimum atomic E-state index is 0.192. The van der Waals surface area contributed by atoms with Crippen LogP contribution in [0.15, 0.2) is 170 Å². The van der Waals surface area contributed by atoms with Crippen LogP contribution in [0.25, 0.3) is 93.6 Å². The fourth-order valence-corrected chi connectivity index (χ4v) is 8.68. The summed E-state index contributed by atoms with van der Waals surface area (Å²) >= 11 is 0. The van der Waals surface area contributed by atoms with Crippen molar-refractivity contribution in [2.45, 2.75) is 0 Å². The van der Waals surface area contributed by atoms with Gasteiger partial charge in [0.1, 0.15) is 23.5 Å². The zero-order valence-electron chi connectivity index (χ0n) is 29.3. The highest BCUT2D eigenvalue weighted by atomic mass is 15.1. The highest BCUT2D eigenvalue weighted by molar-refractivity contribution is 6.13. The van der Waals surface area contributed by atoms with Crippen LogP contribution in [0.5, 0.6) is 0 Å². The molecular weight excluding hydrogens is 673 g/mol. The third kappa shape index (κ3) is 4.43. The standard InChI is InChI=1S/C49H28N6/c50-29-33-25-31(26-34(30-51)52-33)32-27-47(53-41-19-7-1-13-35(41)36-14-2-8-20-42(36)53)49(55-45-23-11-5-17-39(45)40-18-6-12-24-46(40)55)48(28-32)54-43-21-9-3-15-37(43)38-16-4-10-22-44(38)54/h1-28H. The Kier molecular flexibility index (Phi) is 6.58. The van der Waals surface area contributed by atoms with Crippen LogP contribution in [0.1, 0.15) is 11.4 Å². The van der Waals surface area contributed by atoms with Crippen molar-refractivity contribution in [1.29, 1.82) is 10.5 Å². The molecule has 0 radical (unpaired) electrons. The Labute approximate surface area is 315 Å². The second-order valence-corrected chi connectivity index (χ2v) is 13.8. The second-order valence-electron chi connectivity index (χ2n) is 13.8. The molecule has 0 bridgehead atoms. The van der Waals surface area contributed by atoms with Gasteiger partial charge in [-0.05, 0) is 71.8 Å². The van der Waals surface area contributed by atoms with Crippen molar-refractivity contribution in [3.8, 4) is 40.3 Å². The molecule has 0 unspecified atom stereocenters. The number of nitrogens with zero attached hydrogens (tertiary/aromatic N) is 6. The van der Waals surface area contributed by atoms with Crippen LogP contribution < -0.4 is 0 Å². The number of hydrogen-bond acceptors (Lipinski definition) is 3. The minimum absolute atomic E-state index is 0.192. The van der Waals surface area contributed by atoms with Gasteiger partial charge in [0.05, 0.1) is 50.2 Å². The Morgan fingerprint density at radius 2 is 0.618 bits per heavy atom. The minimum Gasteiger partial charge on any atom is -0.307 e. The van der Waals surface area contributed by atoms with Crippen molar-refractivity contribution in [1.82, 2.24) is 18.7 Å². The Morgan fingerprint density at radius 1 is 0.345 bits per heavy atom. The van der Waals surface area contributed by atoms with Gasteiger partial charge in [-0.25, -0.2) is 4.98 Å². The van der Waals surface area contributed by atoms with Crippen molar-refractivity contribution >= 4 is 65.4 Å². The van der Waals surface area contributed by atoms with Crippen LogP contribution in [0.3, 0.4) is 0 Å². The summed E-state index contributed by atoms with van der Waals surface area (Å²) in [5.74, 6) is 0. The molecule has 0 fully saturated rings. The molecule has 0 N–H and O–H groups in total. The van der Waals surface area contributed by atoms with Gasteiger partial charge in [0.15, 0.2) is 0 Å². The van der Waals surface area contributed by atoms with E-state index >= 15 is 0 Å². The molecule has 4 aromatic heterocycles. The van der Waals surface area contributed by atoms with Crippen LogP contribution in [0.4, 0.5) is 0 Å². The summed E-state index contributed by atoms with van der Waals surface area (Å²) in [6, 6.07) is 63.9.